The van der Waals surface area contributed by atoms with Crippen LogP contribution in [0.2, 0.25) is 5.02 Å². The molecule has 0 spiro atoms. The van der Waals surface area contributed by atoms with Crippen molar-refractivity contribution in [3.05, 3.63) is 58.7 Å². The average Bonchev–Trinajstić information content (AvgIpc) is 2.32. The summed E-state index contributed by atoms with van der Waals surface area (Å²) in [6.45, 7) is 0. The predicted molar refractivity (Wildman–Crippen MR) is 63.5 cm³/mol. The fraction of sp³-hybridized carbons (Fsp3) is 0. The molecule has 0 radical (unpaired) electrons. The van der Waals surface area contributed by atoms with E-state index in [9.17, 15) is 4.79 Å². The molecule has 0 atom stereocenters. The molecular formula is C12H9ClN2O. The molecule has 0 fully saturated rings. The molecule has 2 aromatic rings. The minimum Gasteiger partial charge on any atom is -0.383 e. The SMILES string of the molecule is Nc1ncc(Cl)cc1C(=O)c1ccccc1. The maximum atomic E-state index is 12.0. The van der Waals surface area contributed by atoms with Gasteiger partial charge in [-0.15, -0.1) is 0 Å². The Morgan fingerprint density at radius 1 is 1.25 bits per heavy atom. The van der Waals surface area contributed by atoms with Crippen LogP contribution in [0.3, 0.4) is 0 Å². The lowest BCUT2D eigenvalue weighted by Crippen LogP contribution is -2.06. The summed E-state index contributed by atoms with van der Waals surface area (Å²) in [4.78, 5) is 15.9. The van der Waals surface area contributed by atoms with E-state index in [1.54, 1.807) is 24.3 Å². The van der Waals surface area contributed by atoms with E-state index in [4.69, 9.17) is 17.3 Å². The molecule has 0 saturated carbocycles. The number of carbonyl (C=O) groups excluding carboxylic acids is 1. The lowest BCUT2D eigenvalue weighted by molar-refractivity contribution is 0.103. The molecule has 2 rings (SSSR count). The number of aromatic nitrogens is 1. The van der Waals surface area contributed by atoms with Crippen LogP contribution < -0.4 is 5.73 Å². The quantitative estimate of drug-likeness (QED) is 0.810. The summed E-state index contributed by atoms with van der Waals surface area (Å²) in [5, 5.41) is 0.397. The van der Waals surface area contributed by atoms with E-state index < -0.39 is 0 Å². The van der Waals surface area contributed by atoms with Crippen LogP contribution in [0, 0.1) is 0 Å². The molecule has 0 unspecified atom stereocenters. The molecule has 0 saturated heterocycles. The number of pyridine rings is 1. The van der Waals surface area contributed by atoms with Crippen molar-refractivity contribution in [2.75, 3.05) is 5.73 Å². The van der Waals surface area contributed by atoms with Gasteiger partial charge < -0.3 is 5.73 Å². The summed E-state index contributed by atoms with van der Waals surface area (Å²) in [7, 11) is 0. The van der Waals surface area contributed by atoms with E-state index in [0.717, 1.165) is 0 Å². The second-order valence-corrected chi connectivity index (χ2v) is 3.72. The molecule has 0 aliphatic heterocycles. The van der Waals surface area contributed by atoms with Crippen molar-refractivity contribution in [2.24, 2.45) is 0 Å². The van der Waals surface area contributed by atoms with Gasteiger partial charge in [-0.25, -0.2) is 4.98 Å². The number of rotatable bonds is 2. The first-order valence-electron chi connectivity index (χ1n) is 4.69. The van der Waals surface area contributed by atoms with Gasteiger partial charge in [0, 0.05) is 11.8 Å². The number of nitrogen functional groups attached to an aromatic ring is 1. The van der Waals surface area contributed by atoms with E-state index >= 15 is 0 Å². The number of hydrogen-bond acceptors (Lipinski definition) is 3. The first-order valence-corrected chi connectivity index (χ1v) is 5.07. The van der Waals surface area contributed by atoms with Gasteiger partial charge in [0.25, 0.3) is 0 Å². The highest BCUT2D eigenvalue weighted by atomic mass is 35.5. The highest BCUT2D eigenvalue weighted by Gasteiger charge is 2.13. The summed E-state index contributed by atoms with van der Waals surface area (Å²) in [5.74, 6) is 0.0198. The van der Waals surface area contributed by atoms with Crippen LogP contribution in [0.15, 0.2) is 42.6 Å². The largest absolute Gasteiger partial charge is 0.383 e. The third-order valence-electron chi connectivity index (χ3n) is 2.17. The molecule has 0 bridgehead atoms. The van der Waals surface area contributed by atoms with Crippen LogP contribution >= 0.6 is 11.6 Å². The van der Waals surface area contributed by atoms with Gasteiger partial charge in [-0.1, -0.05) is 41.9 Å². The number of carbonyl (C=O) groups is 1. The molecule has 16 heavy (non-hydrogen) atoms. The van der Waals surface area contributed by atoms with Gasteiger partial charge >= 0.3 is 0 Å². The van der Waals surface area contributed by atoms with Crippen LogP contribution in [0.1, 0.15) is 15.9 Å². The topological polar surface area (TPSA) is 56.0 Å². The van der Waals surface area contributed by atoms with Gasteiger partial charge in [0.1, 0.15) is 5.82 Å². The van der Waals surface area contributed by atoms with E-state index in [-0.39, 0.29) is 11.6 Å². The van der Waals surface area contributed by atoms with Crippen LogP contribution in [0.25, 0.3) is 0 Å². The number of halogens is 1. The zero-order chi connectivity index (χ0) is 11.5. The number of nitrogens with zero attached hydrogens (tertiary/aromatic N) is 1. The number of nitrogens with two attached hydrogens (primary N) is 1. The Balaban J connectivity index is 2.46. The summed E-state index contributed by atoms with van der Waals surface area (Å²) < 4.78 is 0. The van der Waals surface area contributed by atoms with E-state index in [2.05, 4.69) is 4.98 Å². The lowest BCUT2D eigenvalue weighted by Gasteiger charge is -2.04. The Kier molecular flexibility index (Phi) is 2.88. The molecule has 1 heterocycles. The molecule has 1 aromatic heterocycles. The maximum absolute atomic E-state index is 12.0. The van der Waals surface area contributed by atoms with Gasteiger partial charge in [-0.05, 0) is 6.07 Å². The average molecular weight is 233 g/mol. The van der Waals surface area contributed by atoms with Crippen molar-refractivity contribution < 1.29 is 4.79 Å². The standard InChI is InChI=1S/C12H9ClN2O/c13-9-6-10(12(14)15-7-9)11(16)8-4-2-1-3-5-8/h1-7H,(H2,14,15). The van der Waals surface area contributed by atoms with E-state index in [1.165, 1.54) is 12.3 Å². The highest BCUT2D eigenvalue weighted by Crippen LogP contribution is 2.18. The van der Waals surface area contributed by atoms with Crippen LogP contribution in [0.4, 0.5) is 5.82 Å². The minimum absolute atomic E-state index is 0.173. The Bertz CT molecular complexity index is 526. The maximum Gasteiger partial charge on any atom is 0.196 e. The van der Waals surface area contributed by atoms with Crippen molar-refractivity contribution in [2.45, 2.75) is 0 Å². The molecule has 80 valence electrons. The van der Waals surface area contributed by atoms with Crippen molar-refractivity contribution in [3.8, 4) is 0 Å². The zero-order valence-corrected chi connectivity index (χ0v) is 9.11. The second-order valence-electron chi connectivity index (χ2n) is 3.28. The fourth-order valence-electron chi connectivity index (χ4n) is 1.38. The smallest absolute Gasteiger partial charge is 0.196 e. The Morgan fingerprint density at radius 2 is 1.94 bits per heavy atom. The summed E-state index contributed by atoms with van der Waals surface area (Å²) in [6.07, 6.45) is 1.42. The van der Waals surface area contributed by atoms with Crippen LogP contribution in [0.5, 0.6) is 0 Å². The summed E-state index contributed by atoms with van der Waals surface area (Å²) in [6, 6.07) is 10.4. The number of anilines is 1. The van der Waals surface area contributed by atoms with E-state index in [0.29, 0.717) is 16.1 Å². The first-order chi connectivity index (χ1) is 7.68. The Morgan fingerprint density at radius 3 is 2.62 bits per heavy atom. The van der Waals surface area contributed by atoms with Crippen LogP contribution in [-0.4, -0.2) is 10.8 Å². The van der Waals surface area contributed by atoms with Gasteiger partial charge in [0.2, 0.25) is 0 Å². The number of ketones is 1. The summed E-state index contributed by atoms with van der Waals surface area (Å²) >= 11 is 5.78. The third-order valence-corrected chi connectivity index (χ3v) is 2.37. The first kappa shape index (κ1) is 10.6. The lowest BCUT2D eigenvalue weighted by atomic mass is 10.0. The molecule has 0 aliphatic rings. The molecule has 0 aliphatic carbocycles. The molecule has 3 nitrogen and oxygen atoms in total. The normalized spacial score (nSPS) is 10.1. The zero-order valence-electron chi connectivity index (χ0n) is 8.35. The van der Waals surface area contributed by atoms with Gasteiger partial charge in [0.05, 0.1) is 10.6 Å². The van der Waals surface area contributed by atoms with Crippen molar-refractivity contribution in [3.63, 3.8) is 0 Å². The Labute approximate surface area is 97.9 Å². The minimum atomic E-state index is -0.173. The highest BCUT2D eigenvalue weighted by molar-refractivity contribution is 6.31. The third kappa shape index (κ3) is 2.04. The monoisotopic (exact) mass is 232 g/mol. The fourth-order valence-corrected chi connectivity index (χ4v) is 1.53. The van der Waals surface area contributed by atoms with Gasteiger partial charge in [-0.2, -0.15) is 0 Å². The van der Waals surface area contributed by atoms with E-state index in [1.807, 2.05) is 6.07 Å². The molecule has 2 N–H and O–H groups in total. The molecule has 0 amide bonds. The predicted octanol–water partition coefficient (Wildman–Crippen LogP) is 2.55. The number of benzene rings is 1. The van der Waals surface area contributed by atoms with Gasteiger partial charge in [0.15, 0.2) is 5.78 Å². The molecule has 1 aromatic carbocycles. The van der Waals surface area contributed by atoms with Gasteiger partial charge in [-0.3, -0.25) is 4.79 Å². The molecule has 4 heteroatoms. The van der Waals surface area contributed by atoms with Crippen molar-refractivity contribution in [1.82, 2.24) is 4.98 Å². The number of hydrogen-bond donors (Lipinski definition) is 1. The van der Waals surface area contributed by atoms with Crippen molar-refractivity contribution >= 4 is 23.2 Å². The molecular weight excluding hydrogens is 224 g/mol. The Hall–Kier alpha value is -1.87. The van der Waals surface area contributed by atoms with Crippen molar-refractivity contribution in [1.29, 1.82) is 0 Å². The summed E-state index contributed by atoms with van der Waals surface area (Å²) in [5.41, 5.74) is 6.54. The van der Waals surface area contributed by atoms with Crippen LogP contribution in [-0.2, 0) is 0 Å². The second kappa shape index (κ2) is 4.33.